The summed E-state index contributed by atoms with van der Waals surface area (Å²) in [7, 11) is -2.85. The summed E-state index contributed by atoms with van der Waals surface area (Å²) in [6, 6.07) is 9.01. The van der Waals surface area contributed by atoms with E-state index in [1.54, 1.807) is 31.2 Å². The van der Waals surface area contributed by atoms with Crippen LogP contribution >= 0.6 is 11.3 Å². The van der Waals surface area contributed by atoms with Gasteiger partial charge in [0.25, 0.3) is 15.9 Å². The maximum atomic E-state index is 12.9. The number of carbonyl (C=O) groups is 2. The summed E-state index contributed by atoms with van der Waals surface area (Å²) >= 11 is 0.768. The molecule has 0 aliphatic rings. The number of esters is 1. The van der Waals surface area contributed by atoms with Gasteiger partial charge >= 0.3 is 5.97 Å². The molecule has 9 heteroatoms. The van der Waals surface area contributed by atoms with Gasteiger partial charge in [0.05, 0.1) is 17.6 Å². The minimum atomic E-state index is -4.02. The average molecular weight is 425 g/mol. The maximum absolute atomic E-state index is 12.9. The first kappa shape index (κ1) is 22.1. The third-order valence-electron chi connectivity index (χ3n) is 3.93. The van der Waals surface area contributed by atoms with Crippen LogP contribution in [0.4, 0.5) is 0 Å². The fourth-order valence-corrected chi connectivity index (χ4v) is 5.25. The van der Waals surface area contributed by atoms with Crippen LogP contribution in [0, 0.1) is 12.8 Å². The number of thiophene rings is 1. The predicted molar refractivity (Wildman–Crippen MR) is 108 cm³/mol. The molecule has 0 saturated carbocycles. The smallest absolute Gasteiger partial charge is 0.340 e. The molecule has 0 bridgehead atoms. The molecule has 0 aliphatic carbocycles. The molecular formula is C19H24N2O5S2. The molecule has 2 rings (SSSR count). The highest BCUT2D eigenvalue weighted by Gasteiger charge is 2.32. The van der Waals surface area contributed by atoms with E-state index in [4.69, 9.17) is 4.74 Å². The SMILES string of the molecule is COC(=O)c1c(S(=O)(=O)NCc2ccccc2)sc(C(=O)NCC(C)C)c1C. The van der Waals surface area contributed by atoms with Gasteiger partial charge in [0.2, 0.25) is 0 Å². The highest BCUT2D eigenvalue weighted by molar-refractivity contribution is 7.91. The Balaban J connectivity index is 2.39. The topological polar surface area (TPSA) is 102 Å². The van der Waals surface area contributed by atoms with Crippen molar-refractivity contribution in [3.05, 3.63) is 51.9 Å². The van der Waals surface area contributed by atoms with Crippen molar-refractivity contribution in [2.75, 3.05) is 13.7 Å². The molecule has 1 aromatic heterocycles. The molecule has 7 nitrogen and oxygen atoms in total. The lowest BCUT2D eigenvalue weighted by Gasteiger charge is -2.07. The van der Waals surface area contributed by atoms with Crippen LogP contribution in [0.5, 0.6) is 0 Å². The molecule has 152 valence electrons. The number of benzene rings is 1. The van der Waals surface area contributed by atoms with Crippen LogP contribution in [0.2, 0.25) is 0 Å². The van der Waals surface area contributed by atoms with Crippen molar-refractivity contribution in [3.63, 3.8) is 0 Å². The van der Waals surface area contributed by atoms with Crippen LogP contribution in [0.25, 0.3) is 0 Å². The van der Waals surface area contributed by atoms with Gasteiger partial charge in [0, 0.05) is 13.1 Å². The Morgan fingerprint density at radius 1 is 1.18 bits per heavy atom. The van der Waals surface area contributed by atoms with Crippen molar-refractivity contribution < 1.29 is 22.7 Å². The van der Waals surface area contributed by atoms with E-state index in [2.05, 4.69) is 10.0 Å². The molecule has 0 radical (unpaired) electrons. The second-order valence-corrected chi connectivity index (χ2v) is 9.61. The van der Waals surface area contributed by atoms with E-state index in [-0.39, 0.29) is 32.7 Å². The number of methoxy groups -OCH3 is 1. The van der Waals surface area contributed by atoms with Crippen LogP contribution in [0.15, 0.2) is 34.5 Å². The molecule has 1 heterocycles. The third-order valence-corrected chi connectivity index (χ3v) is 7.14. The quantitative estimate of drug-likeness (QED) is 0.635. The zero-order valence-corrected chi connectivity index (χ0v) is 17.9. The molecule has 0 atom stereocenters. The van der Waals surface area contributed by atoms with Gasteiger partial charge in [-0.2, -0.15) is 0 Å². The van der Waals surface area contributed by atoms with Crippen molar-refractivity contribution >= 4 is 33.2 Å². The number of nitrogens with one attached hydrogen (secondary N) is 2. The summed E-state index contributed by atoms with van der Waals surface area (Å²) in [5, 5.41) is 2.75. The molecule has 0 aliphatic heterocycles. The lowest BCUT2D eigenvalue weighted by atomic mass is 10.1. The van der Waals surface area contributed by atoms with Gasteiger partial charge in [-0.1, -0.05) is 44.2 Å². The molecule has 28 heavy (non-hydrogen) atoms. The Hall–Kier alpha value is -2.23. The Morgan fingerprint density at radius 3 is 2.39 bits per heavy atom. The summed E-state index contributed by atoms with van der Waals surface area (Å²) in [6.07, 6.45) is 0. The molecular weight excluding hydrogens is 400 g/mol. The summed E-state index contributed by atoms with van der Waals surface area (Å²) in [5.74, 6) is -0.970. The van der Waals surface area contributed by atoms with Crippen LogP contribution in [-0.4, -0.2) is 33.9 Å². The minimum absolute atomic E-state index is 0.0651. The molecule has 1 amide bonds. The third kappa shape index (κ3) is 5.18. The molecule has 0 fully saturated rings. The van der Waals surface area contributed by atoms with Crippen molar-refractivity contribution in [1.82, 2.24) is 10.0 Å². The fourth-order valence-electron chi connectivity index (χ4n) is 2.45. The Labute approximate surface area is 169 Å². The summed E-state index contributed by atoms with van der Waals surface area (Å²) in [5.41, 5.74) is 0.954. The molecule has 0 saturated heterocycles. The highest BCUT2D eigenvalue weighted by Crippen LogP contribution is 2.32. The number of sulfonamides is 1. The largest absolute Gasteiger partial charge is 0.465 e. The summed E-state index contributed by atoms with van der Waals surface area (Å²) < 4.78 is 32.7. The van der Waals surface area contributed by atoms with Crippen LogP contribution < -0.4 is 10.0 Å². The van der Waals surface area contributed by atoms with Crippen LogP contribution in [0.3, 0.4) is 0 Å². The first-order chi connectivity index (χ1) is 13.2. The lowest BCUT2D eigenvalue weighted by molar-refractivity contribution is 0.0596. The number of carbonyl (C=O) groups excluding carboxylic acids is 2. The molecule has 0 spiro atoms. The predicted octanol–water partition coefficient (Wildman–Crippen LogP) is 2.71. The van der Waals surface area contributed by atoms with E-state index in [0.717, 1.165) is 16.9 Å². The molecule has 0 unspecified atom stereocenters. The fraction of sp³-hybridized carbons (Fsp3) is 0.368. The van der Waals surface area contributed by atoms with Crippen molar-refractivity contribution in [2.24, 2.45) is 5.92 Å². The van der Waals surface area contributed by atoms with E-state index in [9.17, 15) is 18.0 Å². The normalized spacial score (nSPS) is 11.5. The summed E-state index contributed by atoms with van der Waals surface area (Å²) in [6.45, 7) is 5.95. The first-order valence-electron chi connectivity index (χ1n) is 8.70. The molecule has 1 aromatic carbocycles. The number of hydrogen-bond donors (Lipinski definition) is 2. The van der Waals surface area contributed by atoms with E-state index in [1.807, 2.05) is 19.9 Å². The molecule has 2 N–H and O–H groups in total. The monoisotopic (exact) mass is 424 g/mol. The van der Waals surface area contributed by atoms with Crippen LogP contribution in [0.1, 0.15) is 45.0 Å². The van der Waals surface area contributed by atoms with E-state index < -0.39 is 21.9 Å². The highest BCUT2D eigenvalue weighted by atomic mass is 32.2. The first-order valence-corrected chi connectivity index (χ1v) is 11.0. The van der Waals surface area contributed by atoms with Gasteiger partial charge in [-0.15, -0.1) is 11.3 Å². The average Bonchev–Trinajstić information content (AvgIpc) is 3.03. The van der Waals surface area contributed by atoms with E-state index >= 15 is 0 Å². The second kappa shape index (κ2) is 9.31. The number of ether oxygens (including phenoxy) is 1. The van der Waals surface area contributed by atoms with Crippen molar-refractivity contribution in [2.45, 2.75) is 31.5 Å². The van der Waals surface area contributed by atoms with Gasteiger partial charge in [0.15, 0.2) is 4.21 Å². The van der Waals surface area contributed by atoms with Gasteiger partial charge in [-0.3, -0.25) is 4.79 Å². The van der Waals surface area contributed by atoms with Crippen molar-refractivity contribution in [1.29, 1.82) is 0 Å². The van der Waals surface area contributed by atoms with E-state index in [0.29, 0.717) is 6.54 Å². The van der Waals surface area contributed by atoms with Gasteiger partial charge < -0.3 is 10.1 Å². The van der Waals surface area contributed by atoms with Gasteiger partial charge in [0.1, 0.15) is 0 Å². The zero-order chi connectivity index (χ0) is 20.9. The molecule has 2 aromatic rings. The van der Waals surface area contributed by atoms with Crippen LogP contribution in [-0.2, 0) is 21.3 Å². The maximum Gasteiger partial charge on any atom is 0.340 e. The number of amides is 1. The lowest BCUT2D eigenvalue weighted by Crippen LogP contribution is -2.27. The van der Waals surface area contributed by atoms with Crippen molar-refractivity contribution in [3.8, 4) is 0 Å². The van der Waals surface area contributed by atoms with E-state index in [1.165, 1.54) is 7.11 Å². The number of rotatable bonds is 8. The Morgan fingerprint density at radius 2 is 1.82 bits per heavy atom. The van der Waals surface area contributed by atoms with Gasteiger partial charge in [-0.05, 0) is 24.0 Å². The Kier molecular flexibility index (Phi) is 7.34. The summed E-state index contributed by atoms with van der Waals surface area (Å²) in [4.78, 5) is 24.9. The minimum Gasteiger partial charge on any atom is -0.465 e. The van der Waals surface area contributed by atoms with Gasteiger partial charge in [-0.25, -0.2) is 17.9 Å². The zero-order valence-electron chi connectivity index (χ0n) is 16.2. The second-order valence-electron chi connectivity index (χ2n) is 6.62. The standard InChI is InChI=1S/C19H24N2O5S2/c1-12(2)10-20-17(22)16-13(3)15(18(23)26-4)19(27-16)28(24,25)21-11-14-8-6-5-7-9-14/h5-9,12,21H,10-11H2,1-4H3,(H,20,22). The number of hydrogen-bond acceptors (Lipinski definition) is 6. The Bertz CT molecular complexity index is 950.